The molecule has 3 aromatic carbocycles. The topological polar surface area (TPSA) is 38.7 Å². The first-order valence-corrected chi connectivity index (χ1v) is 10.9. The quantitative estimate of drug-likeness (QED) is 0.565. The molecule has 1 aliphatic heterocycles. The van der Waals surface area contributed by atoms with Gasteiger partial charge in [-0.05, 0) is 42.4 Å². The molecule has 1 N–H and O–H groups in total. The molecule has 0 aliphatic carbocycles. The lowest BCUT2D eigenvalue weighted by molar-refractivity contribution is -0.322. The standard InChI is InChI=1S/C27H30O3/c28-27-24(20-23-14-8-3-9-15-23)25(18-16-21-10-4-1-5-11-21)29-26(30-27)19-17-22-12-6-2-7-13-22/h1-15,24-28H,16-20H2. The van der Waals surface area contributed by atoms with Crippen LogP contribution in [-0.2, 0) is 28.7 Å². The lowest BCUT2D eigenvalue weighted by Gasteiger charge is -2.40. The molecule has 0 amide bonds. The van der Waals surface area contributed by atoms with Crippen LogP contribution in [0.25, 0.3) is 0 Å². The first-order chi connectivity index (χ1) is 14.8. The van der Waals surface area contributed by atoms with Gasteiger partial charge in [0.25, 0.3) is 0 Å². The molecular formula is C27H30O3. The first kappa shape index (κ1) is 20.8. The maximum Gasteiger partial charge on any atom is 0.163 e. The zero-order valence-electron chi connectivity index (χ0n) is 17.3. The molecule has 3 heteroatoms. The third kappa shape index (κ3) is 5.79. The molecule has 4 rings (SSSR count). The average Bonchev–Trinajstić information content (AvgIpc) is 2.80. The minimum Gasteiger partial charge on any atom is -0.367 e. The van der Waals surface area contributed by atoms with Gasteiger partial charge in [0.15, 0.2) is 12.6 Å². The molecule has 1 heterocycles. The first-order valence-electron chi connectivity index (χ1n) is 10.9. The van der Waals surface area contributed by atoms with Crippen molar-refractivity contribution in [1.29, 1.82) is 0 Å². The molecule has 1 saturated heterocycles. The second-order valence-electron chi connectivity index (χ2n) is 8.03. The third-order valence-corrected chi connectivity index (χ3v) is 5.85. The summed E-state index contributed by atoms with van der Waals surface area (Å²) in [4.78, 5) is 0. The summed E-state index contributed by atoms with van der Waals surface area (Å²) in [6.07, 6.45) is 2.89. The summed E-state index contributed by atoms with van der Waals surface area (Å²) in [5, 5.41) is 10.9. The zero-order valence-corrected chi connectivity index (χ0v) is 17.3. The Bertz CT molecular complexity index is 866. The molecule has 4 unspecified atom stereocenters. The van der Waals surface area contributed by atoms with Gasteiger partial charge in [-0.3, -0.25) is 0 Å². The fraction of sp³-hybridized carbons (Fsp3) is 0.333. The Labute approximate surface area is 179 Å². The van der Waals surface area contributed by atoms with Crippen molar-refractivity contribution >= 4 is 0 Å². The minimum absolute atomic E-state index is 0.0464. The number of ether oxygens (including phenoxy) is 2. The minimum atomic E-state index is -0.819. The van der Waals surface area contributed by atoms with E-state index in [1.807, 2.05) is 42.5 Å². The number of benzene rings is 3. The summed E-state index contributed by atoms with van der Waals surface area (Å²) in [5.74, 6) is -0.0795. The molecule has 3 nitrogen and oxygen atoms in total. The highest BCUT2D eigenvalue weighted by molar-refractivity contribution is 5.17. The molecule has 1 aliphatic rings. The van der Waals surface area contributed by atoms with E-state index in [4.69, 9.17) is 9.47 Å². The monoisotopic (exact) mass is 402 g/mol. The summed E-state index contributed by atoms with van der Waals surface area (Å²) in [5.41, 5.74) is 3.74. The summed E-state index contributed by atoms with van der Waals surface area (Å²) < 4.78 is 12.3. The van der Waals surface area contributed by atoms with Gasteiger partial charge in [0.05, 0.1) is 6.10 Å². The Kier molecular flexibility index (Phi) is 7.30. The molecule has 0 bridgehead atoms. The molecule has 0 saturated carbocycles. The fourth-order valence-corrected chi connectivity index (χ4v) is 4.19. The molecule has 156 valence electrons. The van der Waals surface area contributed by atoms with E-state index in [1.54, 1.807) is 0 Å². The highest BCUT2D eigenvalue weighted by Crippen LogP contribution is 2.31. The Morgan fingerprint density at radius 2 is 1.10 bits per heavy atom. The van der Waals surface area contributed by atoms with Crippen molar-refractivity contribution in [3.05, 3.63) is 108 Å². The number of aliphatic hydroxyl groups is 1. The van der Waals surface area contributed by atoms with Crippen molar-refractivity contribution < 1.29 is 14.6 Å². The van der Waals surface area contributed by atoms with Gasteiger partial charge in [-0.2, -0.15) is 0 Å². The predicted octanol–water partition coefficient (Wildman–Crippen LogP) is 5.17. The van der Waals surface area contributed by atoms with E-state index in [1.165, 1.54) is 16.7 Å². The Balaban J connectivity index is 1.43. The summed E-state index contributed by atoms with van der Waals surface area (Å²) >= 11 is 0. The Morgan fingerprint density at radius 1 is 0.600 bits per heavy atom. The lowest BCUT2D eigenvalue weighted by Crippen LogP contribution is -2.47. The van der Waals surface area contributed by atoms with Crippen LogP contribution in [0.15, 0.2) is 91.0 Å². The van der Waals surface area contributed by atoms with Gasteiger partial charge in [0, 0.05) is 12.3 Å². The highest BCUT2D eigenvalue weighted by atomic mass is 16.7. The molecule has 0 spiro atoms. The van der Waals surface area contributed by atoms with Gasteiger partial charge in [-0.1, -0.05) is 91.0 Å². The smallest absolute Gasteiger partial charge is 0.163 e. The van der Waals surface area contributed by atoms with E-state index in [9.17, 15) is 5.11 Å². The lowest BCUT2D eigenvalue weighted by atomic mass is 9.88. The molecule has 30 heavy (non-hydrogen) atoms. The van der Waals surface area contributed by atoms with Gasteiger partial charge in [0.1, 0.15) is 0 Å². The number of aliphatic hydroxyl groups excluding tert-OH is 1. The van der Waals surface area contributed by atoms with Gasteiger partial charge in [-0.15, -0.1) is 0 Å². The van der Waals surface area contributed by atoms with Crippen LogP contribution in [0.3, 0.4) is 0 Å². The van der Waals surface area contributed by atoms with Crippen molar-refractivity contribution in [1.82, 2.24) is 0 Å². The van der Waals surface area contributed by atoms with Crippen LogP contribution in [0.1, 0.15) is 29.5 Å². The van der Waals surface area contributed by atoms with E-state index < -0.39 is 6.29 Å². The van der Waals surface area contributed by atoms with Crippen LogP contribution in [0.2, 0.25) is 0 Å². The molecular weight excluding hydrogens is 372 g/mol. The zero-order chi connectivity index (χ0) is 20.6. The van der Waals surface area contributed by atoms with Gasteiger partial charge < -0.3 is 14.6 Å². The highest BCUT2D eigenvalue weighted by Gasteiger charge is 2.38. The molecule has 0 radical (unpaired) electrons. The van der Waals surface area contributed by atoms with Gasteiger partial charge in [-0.25, -0.2) is 0 Å². The molecule has 3 aromatic rings. The van der Waals surface area contributed by atoms with Crippen molar-refractivity contribution in [3.8, 4) is 0 Å². The fourth-order valence-electron chi connectivity index (χ4n) is 4.19. The van der Waals surface area contributed by atoms with Crippen LogP contribution in [0.5, 0.6) is 0 Å². The summed E-state index contributed by atoms with van der Waals surface area (Å²) in [6.45, 7) is 0. The van der Waals surface area contributed by atoms with Crippen molar-refractivity contribution in [3.63, 3.8) is 0 Å². The summed E-state index contributed by atoms with van der Waals surface area (Å²) in [7, 11) is 0. The number of rotatable bonds is 8. The van der Waals surface area contributed by atoms with Crippen LogP contribution in [-0.4, -0.2) is 23.8 Å². The number of aryl methyl sites for hydroxylation is 2. The van der Waals surface area contributed by atoms with E-state index >= 15 is 0 Å². The van der Waals surface area contributed by atoms with E-state index in [-0.39, 0.29) is 18.3 Å². The van der Waals surface area contributed by atoms with Gasteiger partial charge >= 0.3 is 0 Å². The Hall–Kier alpha value is -2.46. The number of hydrogen-bond donors (Lipinski definition) is 1. The Morgan fingerprint density at radius 3 is 1.67 bits per heavy atom. The van der Waals surface area contributed by atoms with Crippen molar-refractivity contribution in [2.45, 2.75) is 50.8 Å². The molecule has 0 aromatic heterocycles. The van der Waals surface area contributed by atoms with E-state index in [2.05, 4.69) is 48.5 Å². The summed E-state index contributed by atoms with van der Waals surface area (Å²) in [6, 6.07) is 31.1. The van der Waals surface area contributed by atoms with Crippen LogP contribution < -0.4 is 0 Å². The van der Waals surface area contributed by atoms with E-state index in [0.29, 0.717) is 0 Å². The van der Waals surface area contributed by atoms with Crippen LogP contribution >= 0.6 is 0 Å². The van der Waals surface area contributed by atoms with Crippen LogP contribution in [0.4, 0.5) is 0 Å². The number of hydrogen-bond acceptors (Lipinski definition) is 3. The maximum atomic E-state index is 10.9. The van der Waals surface area contributed by atoms with Crippen molar-refractivity contribution in [2.75, 3.05) is 0 Å². The molecule has 1 fully saturated rings. The van der Waals surface area contributed by atoms with Gasteiger partial charge in [0.2, 0.25) is 0 Å². The van der Waals surface area contributed by atoms with E-state index in [0.717, 1.165) is 32.1 Å². The average molecular weight is 403 g/mol. The largest absolute Gasteiger partial charge is 0.367 e. The maximum absolute atomic E-state index is 10.9. The molecule has 4 atom stereocenters. The van der Waals surface area contributed by atoms with Crippen LogP contribution in [0, 0.1) is 5.92 Å². The van der Waals surface area contributed by atoms with Crippen molar-refractivity contribution in [2.24, 2.45) is 5.92 Å². The second kappa shape index (κ2) is 10.5. The normalized spacial score (nSPS) is 23.9. The SMILES string of the molecule is OC1OC(CCc2ccccc2)OC(CCc2ccccc2)C1Cc1ccccc1. The second-order valence-corrected chi connectivity index (χ2v) is 8.03. The predicted molar refractivity (Wildman–Crippen MR) is 119 cm³/mol. The third-order valence-electron chi connectivity index (χ3n) is 5.85.